The lowest BCUT2D eigenvalue weighted by Gasteiger charge is -2.05. The van der Waals surface area contributed by atoms with Crippen molar-refractivity contribution in [3.63, 3.8) is 0 Å². The number of nitrogen functional groups attached to an aromatic ring is 1. The number of benzene rings is 2. The molecule has 4 heteroatoms. The number of rotatable bonds is 1. The van der Waals surface area contributed by atoms with Gasteiger partial charge in [0.25, 0.3) is 0 Å². The van der Waals surface area contributed by atoms with E-state index in [9.17, 15) is 4.39 Å². The van der Waals surface area contributed by atoms with Crippen LogP contribution < -0.4 is 5.73 Å². The van der Waals surface area contributed by atoms with E-state index in [-0.39, 0.29) is 5.82 Å². The number of anilines is 1. The molecule has 0 bridgehead atoms. The molecule has 0 saturated carbocycles. The summed E-state index contributed by atoms with van der Waals surface area (Å²) in [5, 5.41) is 0.865. The molecule has 0 aliphatic heterocycles. The second-order valence-corrected chi connectivity index (χ2v) is 4.01. The van der Waals surface area contributed by atoms with Gasteiger partial charge in [-0.1, -0.05) is 0 Å². The molecular formula is C14H10FN3. The molecule has 0 atom stereocenters. The highest BCUT2D eigenvalue weighted by Gasteiger charge is 2.06. The van der Waals surface area contributed by atoms with Crippen LogP contribution in [-0.2, 0) is 0 Å². The maximum atomic E-state index is 12.9. The summed E-state index contributed by atoms with van der Waals surface area (Å²) in [6.45, 7) is 0. The van der Waals surface area contributed by atoms with Gasteiger partial charge in [-0.15, -0.1) is 0 Å². The fourth-order valence-electron chi connectivity index (χ4n) is 1.91. The molecule has 0 amide bonds. The molecular weight excluding hydrogens is 229 g/mol. The third-order valence-corrected chi connectivity index (χ3v) is 2.78. The van der Waals surface area contributed by atoms with E-state index in [1.54, 1.807) is 18.2 Å². The van der Waals surface area contributed by atoms with Crippen molar-refractivity contribution in [3.8, 4) is 11.3 Å². The lowest BCUT2D eigenvalue weighted by atomic mass is 10.1. The lowest BCUT2D eigenvalue weighted by Crippen LogP contribution is -1.91. The van der Waals surface area contributed by atoms with Crippen LogP contribution in [-0.4, -0.2) is 9.97 Å². The maximum Gasteiger partial charge on any atom is 0.123 e. The number of nitrogens with two attached hydrogens (primary N) is 1. The minimum atomic E-state index is -0.267. The van der Waals surface area contributed by atoms with Crippen LogP contribution in [0.5, 0.6) is 0 Å². The smallest absolute Gasteiger partial charge is 0.123 e. The van der Waals surface area contributed by atoms with Crippen LogP contribution in [0.3, 0.4) is 0 Å². The third-order valence-electron chi connectivity index (χ3n) is 2.78. The van der Waals surface area contributed by atoms with Gasteiger partial charge in [0.05, 0.1) is 11.2 Å². The molecule has 1 aromatic heterocycles. The van der Waals surface area contributed by atoms with Crippen LogP contribution in [0.2, 0.25) is 0 Å². The first kappa shape index (κ1) is 10.7. The molecule has 1 heterocycles. The Morgan fingerprint density at radius 3 is 2.50 bits per heavy atom. The zero-order valence-electron chi connectivity index (χ0n) is 9.47. The van der Waals surface area contributed by atoms with Gasteiger partial charge in [-0.3, -0.25) is 0 Å². The lowest BCUT2D eigenvalue weighted by molar-refractivity contribution is 0.628. The molecule has 3 nitrogen and oxygen atoms in total. The van der Waals surface area contributed by atoms with Gasteiger partial charge in [0.1, 0.15) is 12.1 Å². The highest BCUT2D eigenvalue weighted by molar-refractivity contribution is 5.93. The fraction of sp³-hybridized carbons (Fsp3) is 0. The quantitative estimate of drug-likeness (QED) is 0.664. The Bertz CT molecular complexity index is 708. The SMILES string of the molecule is Nc1ccc2ncnc(-c3ccc(F)cc3)c2c1. The normalized spacial score (nSPS) is 10.7. The largest absolute Gasteiger partial charge is 0.399 e. The molecule has 0 aliphatic rings. The molecule has 2 aromatic carbocycles. The second-order valence-electron chi connectivity index (χ2n) is 4.01. The summed E-state index contributed by atoms with van der Waals surface area (Å²) in [6.07, 6.45) is 1.50. The van der Waals surface area contributed by atoms with Gasteiger partial charge >= 0.3 is 0 Å². The monoisotopic (exact) mass is 239 g/mol. The van der Waals surface area contributed by atoms with Gasteiger partial charge in [0, 0.05) is 16.6 Å². The van der Waals surface area contributed by atoms with Crippen LogP contribution in [0.1, 0.15) is 0 Å². The van der Waals surface area contributed by atoms with E-state index in [4.69, 9.17) is 5.73 Å². The molecule has 0 unspecified atom stereocenters. The Kier molecular flexibility index (Phi) is 2.41. The maximum absolute atomic E-state index is 12.9. The minimum absolute atomic E-state index is 0.267. The van der Waals surface area contributed by atoms with Crippen LogP contribution in [0.4, 0.5) is 10.1 Å². The third kappa shape index (κ3) is 1.78. The Balaban J connectivity index is 2.28. The zero-order valence-corrected chi connectivity index (χ0v) is 9.47. The van der Waals surface area contributed by atoms with E-state index < -0.39 is 0 Å². The predicted molar refractivity (Wildman–Crippen MR) is 69.3 cm³/mol. The zero-order chi connectivity index (χ0) is 12.5. The summed E-state index contributed by atoms with van der Waals surface area (Å²) in [6, 6.07) is 11.7. The number of hydrogen-bond acceptors (Lipinski definition) is 3. The van der Waals surface area contributed by atoms with E-state index in [1.807, 2.05) is 12.1 Å². The fourth-order valence-corrected chi connectivity index (χ4v) is 1.91. The molecule has 0 radical (unpaired) electrons. The Morgan fingerprint density at radius 2 is 1.72 bits per heavy atom. The van der Waals surface area contributed by atoms with Crippen LogP contribution in [0, 0.1) is 5.82 Å². The van der Waals surface area contributed by atoms with Crippen molar-refractivity contribution < 1.29 is 4.39 Å². The number of fused-ring (bicyclic) bond motifs is 1. The second kappa shape index (κ2) is 4.07. The van der Waals surface area contributed by atoms with Gasteiger partial charge in [-0.25, -0.2) is 14.4 Å². The summed E-state index contributed by atoms with van der Waals surface area (Å²) in [5.41, 5.74) is 8.85. The first-order chi connectivity index (χ1) is 8.74. The van der Waals surface area contributed by atoms with Crippen molar-refractivity contribution >= 4 is 16.6 Å². The standard InChI is InChI=1S/C14H10FN3/c15-10-3-1-9(2-4-10)14-12-7-11(16)5-6-13(12)17-8-18-14/h1-8H,16H2. The Hall–Kier alpha value is -2.49. The van der Waals surface area contributed by atoms with Crippen molar-refractivity contribution in [2.75, 3.05) is 5.73 Å². The number of hydrogen-bond donors (Lipinski definition) is 1. The van der Waals surface area contributed by atoms with E-state index in [0.29, 0.717) is 5.69 Å². The predicted octanol–water partition coefficient (Wildman–Crippen LogP) is 3.02. The molecule has 2 N–H and O–H groups in total. The number of nitrogens with zero attached hydrogens (tertiary/aromatic N) is 2. The van der Waals surface area contributed by atoms with Crippen molar-refractivity contribution in [2.45, 2.75) is 0 Å². The molecule has 0 saturated heterocycles. The van der Waals surface area contributed by atoms with Gasteiger partial charge in [-0.05, 0) is 42.5 Å². The summed E-state index contributed by atoms with van der Waals surface area (Å²) in [5.74, 6) is -0.267. The Labute approximate surface area is 103 Å². The minimum Gasteiger partial charge on any atom is -0.399 e. The number of halogens is 1. The van der Waals surface area contributed by atoms with Crippen molar-refractivity contribution in [1.29, 1.82) is 0 Å². The van der Waals surface area contributed by atoms with Crippen LogP contribution in [0.15, 0.2) is 48.8 Å². The molecule has 3 rings (SSSR count). The van der Waals surface area contributed by atoms with Crippen LogP contribution >= 0.6 is 0 Å². The Morgan fingerprint density at radius 1 is 0.944 bits per heavy atom. The highest BCUT2D eigenvalue weighted by atomic mass is 19.1. The molecule has 88 valence electrons. The number of aromatic nitrogens is 2. The molecule has 0 fully saturated rings. The average Bonchev–Trinajstić information content (AvgIpc) is 2.39. The van der Waals surface area contributed by atoms with Gasteiger partial charge in [-0.2, -0.15) is 0 Å². The van der Waals surface area contributed by atoms with Crippen molar-refractivity contribution in [1.82, 2.24) is 9.97 Å². The van der Waals surface area contributed by atoms with Crippen molar-refractivity contribution in [3.05, 3.63) is 54.6 Å². The highest BCUT2D eigenvalue weighted by Crippen LogP contribution is 2.26. The summed E-state index contributed by atoms with van der Waals surface area (Å²) < 4.78 is 12.9. The van der Waals surface area contributed by atoms with Gasteiger partial charge < -0.3 is 5.73 Å². The van der Waals surface area contributed by atoms with Crippen LogP contribution in [0.25, 0.3) is 22.2 Å². The van der Waals surface area contributed by atoms with E-state index in [2.05, 4.69) is 9.97 Å². The summed E-state index contributed by atoms with van der Waals surface area (Å²) >= 11 is 0. The molecule has 0 spiro atoms. The van der Waals surface area contributed by atoms with E-state index >= 15 is 0 Å². The van der Waals surface area contributed by atoms with Gasteiger partial charge in [0.15, 0.2) is 0 Å². The van der Waals surface area contributed by atoms with Crippen molar-refractivity contribution in [2.24, 2.45) is 0 Å². The van der Waals surface area contributed by atoms with E-state index in [0.717, 1.165) is 22.2 Å². The molecule has 18 heavy (non-hydrogen) atoms. The topological polar surface area (TPSA) is 51.8 Å². The molecule has 3 aromatic rings. The summed E-state index contributed by atoms with van der Waals surface area (Å²) in [4.78, 5) is 8.44. The molecule has 0 aliphatic carbocycles. The average molecular weight is 239 g/mol. The first-order valence-corrected chi connectivity index (χ1v) is 5.50. The first-order valence-electron chi connectivity index (χ1n) is 5.50. The van der Waals surface area contributed by atoms with E-state index in [1.165, 1.54) is 18.5 Å². The summed E-state index contributed by atoms with van der Waals surface area (Å²) in [7, 11) is 0. The van der Waals surface area contributed by atoms with Gasteiger partial charge in [0.2, 0.25) is 0 Å².